The highest BCUT2D eigenvalue weighted by Crippen LogP contribution is 2.21. The maximum absolute atomic E-state index is 12.7. The third-order valence-electron chi connectivity index (χ3n) is 2.52. The fourth-order valence-corrected chi connectivity index (χ4v) is 1.97. The van der Waals surface area contributed by atoms with Crippen LogP contribution in [-0.4, -0.2) is 22.0 Å². The van der Waals surface area contributed by atoms with Gasteiger partial charge in [0.05, 0.1) is 6.21 Å². The average molecular weight is 358 g/mol. The topological polar surface area (TPSA) is 56.5 Å². The van der Waals surface area contributed by atoms with E-state index in [9.17, 15) is 13.6 Å². The highest BCUT2D eigenvalue weighted by atomic mass is 79.9. The Kier molecular flexibility index (Phi) is 4.79. The van der Waals surface area contributed by atoms with Gasteiger partial charge in [-0.1, -0.05) is 39.3 Å². The van der Waals surface area contributed by atoms with Crippen molar-refractivity contribution in [3.8, 4) is 0 Å². The lowest BCUT2D eigenvalue weighted by Crippen LogP contribution is -2.04. The van der Waals surface area contributed by atoms with E-state index in [0.29, 0.717) is 5.56 Å². The van der Waals surface area contributed by atoms with E-state index in [1.54, 1.807) is 18.2 Å². The first-order valence-corrected chi connectivity index (χ1v) is 6.59. The zero-order valence-corrected chi connectivity index (χ0v) is 12.4. The zero-order valence-electron chi connectivity index (χ0n) is 10.8. The van der Waals surface area contributed by atoms with Crippen molar-refractivity contribution in [2.75, 3.05) is 0 Å². The third kappa shape index (κ3) is 3.72. The quantitative estimate of drug-likeness (QED) is 0.479. The van der Waals surface area contributed by atoms with Gasteiger partial charge in [-0.05, 0) is 6.07 Å². The molecular weight excluding hydrogens is 348 g/mol. The largest absolute Gasteiger partial charge is 0.369 e. The van der Waals surface area contributed by atoms with Gasteiger partial charge in [-0.15, -0.1) is 0 Å². The fourth-order valence-electron chi connectivity index (χ4n) is 1.58. The van der Waals surface area contributed by atoms with Gasteiger partial charge in [-0.3, -0.25) is 4.68 Å². The maximum Gasteiger partial charge on any atom is 0.369 e. The molecule has 2 rings (SSSR count). The number of oxime groups is 1. The molecule has 0 unspecified atom stereocenters. The molecular formula is C13H10BrF2N3O2. The Bertz CT molecular complexity index is 686. The normalized spacial score (nSPS) is 11.3. The summed E-state index contributed by atoms with van der Waals surface area (Å²) >= 11 is 3.30. The second kappa shape index (κ2) is 6.57. The van der Waals surface area contributed by atoms with Crippen molar-refractivity contribution >= 4 is 28.1 Å². The molecule has 0 saturated heterocycles. The van der Waals surface area contributed by atoms with Crippen LogP contribution in [0.5, 0.6) is 0 Å². The standard InChI is InChI=1S/C13H10BrF2N3O2/c1-19-7-9(11(18-19)12(15)16)13(20)21-17-6-8-4-2-3-5-10(8)14/h2-7,12H,1H3/b17-6+. The summed E-state index contributed by atoms with van der Waals surface area (Å²) in [6, 6.07) is 7.14. The molecule has 5 nitrogen and oxygen atoms in total. The number of hydrogen-bond acceptors (Lipinski definition) is 4. The van der Waals surface area contributed by atoms with Gasteiger partial charge in [0.25, 0.3) is 6.43 Å². The number of alkyl halides is 2. The molecule has 0 radical (unpaired) electrons. The van der Waals surface area contributed by atoms with Crippen LogP contribution in [0, 0.1) is 0 Å². The van der Waals surface area contributed by atoms with Crippen LogP contribution in [0.2, 0.25) is 0 Å². The molecule has 0 spiro atoms. The number of carbonyl (C=O) groups excluding carboxylic acids is 1. The van der Waals surface area contributed by atoms with E-state index < -0.39 is 18.1 Å². The minimum atomic E-state index is -2.86. The molecule has 0 amide bonds. The molecule has 0 N–H and O–H groups in total. The average Bonchev–Trinajstić information content (AvgIpc) is 2.83. The van der Waals surface area contributed by atoms with Crippen LogP contribution in [0.15, 0.2) is 40.1 Å². The molecule has 110 valence electrons. The van der Waals surface area contributed by atoms with E-state index in [1.165, 1.54) is 13.3 Å². The second-order valence-corrected chi connectivity index (χ2v) is 4.89. The minimum Gasteiger partial charge on any atom is -0.313 e. The van der Waals surface area contributed by atoms with Gasteiger partial charge in [0, 0.05) is 23.3 Å². The van der Waals surface area contributed by atoms with Crippen LogP contribution in [0.3, 0.4) is 0 Å². The van der Waals surface area contributed by atoms with Gasteiger partial charge in [0.15, 0.2) is 0 Å². The highest BCUT2D eigenvalue weighted by Gasteiger charge is 2.23. The Labute approximate surface area is 127 Å². The van der Waals surface area contributed by atoms with Crippen LogP contribution >= 0.6 is 15.9 Å². The second-order valence-electron chi connectivity index (χ2n) is 4.04. The molecule has 0 bridgehead atoms. The molecule has 0 aliphatic carbocycles. The van der Waals surface area contributed by atoms with Gasteiger partial charge in [-0.25, -0.2) is 13.6 Å². The predicted molar refractivity (Wildman–Crippen MR) is 75.3 cm³/mol. The maximum atomic E-state index is 12.7. The first-order valence-electron chi connectivity index (χ1n) is 5.80. The van der Waals surface area contributed by atoms with Gasteiger partial charge in [0.1, 0.15) is 11.3 Å². The molecule has 0 atom stereocenters. The van der Waals surface area contributed by atoms with Crippen molar-refractivity contribution < 1.29 is 18.4 Å². The van der Waals surface area contributed by atoms with Gasteiger partial charge < -0.3 is 4.84 Å². The van der Waals surface area contributed by atoms with Gasteiger partial charge in [0.2, 0.25) is 0 Å². The van der Waals surface area contributed by atoms with E-state index in [2.05, 4.69) is 31.0 Å². The number of aromatic nitrogens is 2. The molecule has 8 heteroatoms. The summed E-state index contributed by atoms with van der Waals surface area (Å²) in [6.45, 7) is 0. The summed E-state index contributed by atoms with van der Waals surface area (Å²) in [5.74, 6) is -0.985. The summed E-state index contributed by atoms with van der Waals surface area (Å²) in [7, 11) is 1.44. The summed E-state index contributed by atoms with van der Waals surface area (Å²) in [5, 5.41) is 7.02. The number of halogens is 3. The Morgan fingerprint density at radius 1 is 1.48 bits per heavy atom. The monoisotopic (exact) mass is 357 g/mol. The Morgan fingerprint density at radius 3 is 2.86 bits per heavy atom. The lowest BCUT2D eigenvalue weighted by Gasteiger charge is -1.99. The Hall–Kier alpha value is -2.09. The minimum absolute atomic E-state index is 0.309. The zero-order chi connectivity index (χ0) is 15.4. The highest BCUT2D eigenvalue weighted by molar-refractivity contribution is 9.10. The number of nitrogens with zero attached hydrogens (tertiary/aromatic N) is 3. The molecule has 2 aromatic rings. The van der Waals surface area contributed by atoms with Crippen molar-refractivity contribution in [1.29, 1.82) is 0 Å². The van der Waals surface area contributed by atoms with E-state index in [0.717, 1.165) is 15.4 Å². The van der Waals surface area contributed by atoms with Crippen LogP contribution in [-0.2, 0) is 11.9 Å². The van der Waals surface area contributed by atoms with E-state index in [4.69, 9.17) is 0 Å². The lowest BCUT2D eigenvalue weighted by molar-refractivity contribution is 0.0508. The van der Waals surface area contributed by atoms with Crippen LogP contribution < -0.4 is 0 Å². The molecule has 0 saturated carbocycles. The summed E-state index contributed by atoms with van der Waals surface area (Å²) < 4.78 is 27.3. The number of hydrogen-bond donors (Lipinski definition) is 0. The summed E-state index contributed by atoms with van der Waals surface area (Å²) in [5.41, 5.74) is -0.249. The fraction of sp³-hybridized carbons (Fsp3) is 0.154. The first-order chi connectivity index (χ1) is 9.99. The molecule has 0 aliphatic heterocycles. The molecule has 1 aromatic heterocycles. The molecule has 1 heterocycles. The summed E-state index contributed by atoms with van der Waals surface area (Å²) in [4.78, 5) is 16.3. The lowest BCUT2D eigenvalue weighted by atomic mass is 10.2. The number of benzene rings is 1. The Morgan fingerprint density at radius 2 is 2.19 bits per heavy atom. The number of rotatable bonds is 4. The molecule has 0 aliphatic rings. The van der Waals surface area contributed by atoms with Crippen LogP contribution in [0.25, 0.3) is 0 Å². The van der Waals surface area contributed by atoms with Crippen LogP contribution in [0.4, 0.5) is 8.78 Å². The summed E-state index contributed by atoms with van der Waals surface area (Å²) in [6.07, 6.45) is -0.390. The van der Waals surface area contributed by atoms with Crippen molar-refractivity contribution in [1.82, 2.24) is 9.78 Å². The van der Waals surface area contributed by atoms with Gasteiger partial charge >= 0.3 is 5.97 Å². The van der Waals surface area contributed by atoms with Crippen molar-refractivity contribution in [3.63, 3.8) is 0 Å². The van der Waals surface area contributed by atoms with Gasteiger partial charge in [-0.2, -0.15) is 5.10 Å². The molecule has 1 aromatic carbocycles. The third-order valence-corrected chi connectivity index (χ3v) is 3.24. The molecule has 21 heavy (non-hydrogen) atoms. The van der Waals surface area contributed by atoms with E-state index in [-0.39, 0.29) is 5.56 Å². The van der Waals surface area contributed by atoms with Crippen molar-refractivity contribution in [3.05, 3.63) is 51.8 Å². The van der Waals surface area contributed by atoms with Crippen molar-refractivity contribution in [2.45, 2.75) is 6.43 Å². The van der Waals surface area contributed by atoms with Crippen LogP contribution in [0.1, 0.15) is 28.0 Å². The van der Waals surface area contributed by atoms with E-state index >= 15 is 0 Å². The Balaban J connectivity index is 2.11. The smallest absolute Gasteiger partial charge is 0.313 e. The molecule has 0 fully saturated rings. The van der Waals surface area contributed by atoms with E-state index in [1.807, 2.05) is 6.07 Å². The first kappa shape index (κ1) is 15.3. The number of aryl methyl sites for hydroxylation is 1. The van der Waals surface area contributed by atoms with Crippen molar-refractivity contribution in [2.24, 2.45) is 12.2 Å². The predicted octanol–water partition coefficient (Wildman–Crippen LogP) is 3.31. The number of carbonyl (C=O) groups is 1. The SMILES string of the molecule is Cn1cc(C(=O)O/N=C/c2ccccc2Br)c(C(F)F)n1.